The molecule has 150 valence electrons. The first-order valence-electron chi connectivity index (χ1n) is 8.58. The second-order valence-electron chi connectivity index (χ2n) is 6.65. The summed E-state index contributed by atoms with van der Waals surface area (Å²) < 4.78 is 52.5. The van der Waals surface area contributed by atoms with Crippen LogP contribution in [0, 0.1) is 11.6 Å². The lowest BCUT2D eigenvalue weighted by molar-refractivity contribution is 0.388. The lowest BCUT2D eigenvalue weighted by Crippen LogP contribution is -2.48. The van der Waals surface area contributed by atoms with E-state index in [2.05, 4.69) is 15.9 Å². The molecule has 0 amide bonds. The van der Waals surface area contributed by atoms with Crippen molar-refractivity contribution in [3.05, 3.63) is 42.0 Å². The molecule has 2 heterocycles. The van der Waals surface area contributed by atoms with Gasteiger partial charge in [-0.2, -0.15) is 4.31 Å². The zero-order valence-corrected chi connectivity index (χ0v) is 15.8. The summed E-state index contributed by atoms with van der Waals surface area (Å²) >= 11 is 0. The molecule has 0 atom stereocenters. The Morgan fingerprint density at radius 3 is 2.25 bits per heavy atom. The van der Waals surface area contributed by atoms with Crippen molar-refractivity contribution in [2.24, 2.45) is 0 Å². The normalized spacial score (nSPS) is 17.5. The van der Waals surface area contributed by atoms with Crippen molar-refractivity contribution < 1.29 is 22.3 Å². The number of halogens is 2. The van der Waals surface area contributed by atoms with Crippen LogP contribution >= 0.6 is 0 Å². The van der Waals surface area contributed by atoms with Crippen LogP contribution in [0.15, 0.2) is 30.3 Å². The highest BCUT2D eigenvalue weighted by atomic mass is 32.2. The zero-order chi connectivity index (χ0) is 20.1. The molecule has 1 saturated heterocycles. The Bertz CT molecular complexity index is 1010. The van der Waals surface area contributed by atoms with E-state index >= 15 is 0 Å². The average molecular weight is 411 g/mol. The minimum absolute atomic E-state index is 0.00610. The molecule has 0 bridgehead atoms. The number of piperazine rings is 1. The first-order chi connectivity index (χ1) is 13.3. The standard InChI is InChI=1S/C17H19F2N5O3S/c1-28(26,27)23-8-6-22(7-9-23)11-2-4-12(5-3-11)24-16-14(20-21-24)10-13(18)17(25)15(16)19/h2-5,10,20-21,25H,6-9H2,1H3. The van der Waals surface area contributed by atoms with Gasteiger partial charge in [0.2, 0.25) is 10.0 Å². The van der Waals surface area contributed by atoms with Crippen LogP contribution in [0.3, 0.4) is 0 Å². The lowest BCUT2D eigenvalue weighted by atomic mass is 10.2. The summed E-state index contributed by atoms with van der Waals surface area (Å²) in [4.78, 5) is 2.07. The number of hydrazine groups is 2. The molecule has 0 spiro atoms. The average Bonchev–Trinajstić information content (AvgIpc) is 3.09. The molecule has 2 aliphatic rings. The molecule has 28 heavy (non-hydrogen) atoms. The Morgan fingerprint density at radius 1 is 1.04 bits per heavy atom. The molecule has 0 radical (unpaired) electrons. The fraction of sp³-hybridized carbons (Fsp3) is 0.294. The number of sulfonamides is 1. The summed E-state index contributed by atoms with van der Waals surface area (Å²) in [5, 5.41) is 10.9. The van der Waals surface area contributed by atoms with Crippen LogP contribution in [-0.2, 0) is 10.0 Å². The fourth-order valence-electron chi connectivity index (χ4n) is 3.37. The van der Waals surface area contributed by atoms with Crippen molar-refractivity contribution >= 4 is 32.8 Å². The number of anilines is 4. The van der Waals surface area contributed by atoms with Crippen LogP contribution in [0.2, 0.25) is 0 Å². The maximum Gasteiger partial charge on any atom is 0.211 e. The van der Waals surface area contributed by atoms with Crippen molar-refractivity contribution in [2.75, 3.05) is 47.8 Å². The third-order valence-electron chi connectivity index (χ3n) is 4.87. The van der Waals surface area contributed by atoms with Gasteiger partial charge in [0.05, 0.1) is 17.6 Å². The summed E-state index contributed by atoms with van der Waals surface area (Å²) in [6, 6.07) is 8.19. The van der Waals surface area contributed by atoms with Crippen molar-refractivity contribution in [1.29, 1.82) is 0 Å². The Morgan fingerprint density at radius 2 is 1.64 bits per heavy atom. The van der Waals surface area contributed by atoms with Crippen molar-refractivity contribution in [2.45, 2.75) is 0 Å². The van der Waals surface area contributed by atoms with Crippen LogP contribution < -0.4 is 20.9 Å². The molecule has 0 aromatic heterocycles. The minimum Gasteiger partial charge on any atom is -0.503 e. The molecule has 0 saturated carbocycles. The Labute approximate surface area is 161 Å². The van der Waals surface area contributed by atoms with Crippen molar-refractivity contribution in [3.8, 4) is 5.75 Å². The smallest absolute Gasteiger partial charge is 0.211 e. The van der Waals surface area contributed by atoms with Crippen LogP contribution in [0.4, 0.5) is 31.5 Å². The Hall–Kier alpha value is -2.63. The van der Waals surface area contributed by atoms with Crippen LogP contribution in [-0.4, -0.2) is 50.3 Å². The molecule has 3 N–H and O–H groups in total. The predicted octanol–water partition coefficient (Wildman–Crippen LogP) is 1.74. The largest absolute Gasteiger partial charge is 0.503 e. The van der Waals surface area contributed by atoms with Gasteiger partial charge in [-0.25, -0.2) is 17.2 Å². The SMILES string of the molecule is CS(=O)(=O)N1CCN(c2ccc(N3NNc4cc(F)c(O)c(F)c43)cc2)CC1. The third kappa shape index (κ3) is 3.21. The maximum atomic E-state index is 14.3. The first-order valence-corrected chi connectivity index (χ1v) is 10.4. The molecule has 1 fully saturated rings. The zero-order valence-electron chi connectivity index (χ0n) is 15.0. The van der Waals surface area contributed by atoms with Crippen LogP contribution in [0.5, 0.6) is 5.75 Å². The number of phenols is 1. The van der Waals surface area contributed by atoms with Gasteiger partial charge in [-0.15, -0.1) is 5.53 Å². The molecule has 11 heteroatoms. The molecule has 2 aromatic carbocycles. The van der Waals surface area contributed by atoms with E-state index in [-0.39, 0.29) is 11.4 Å². The number of phenolic OH excluding ortho intramolecular Hbond substituents is 1. The lowest BCUT2D eigenvalue weighted by Gasteiger charge is -2.34. The minimum atomic E-state index is -3.19. The van der Waals surface area contributed by atoms with E-state index in [4.69, 9.17) is 0 Å². The number of fused-ring (bicyclic) bond motifs is 1. The Balaban J connectivity index is 1.53. The van der Waals surface area contributed by atoms with Gasteiger partial charge in [0.15, 0.2) is 17.4 Å². The number of hydrogen-bond acceptors (Lipinski definition) is 7. The highest BCUT2D eigenvalue weighted by molar-refractivity contribution is 7.88. The molecule has 4 rings (SSSR count). The maximum absolute atomic E-state index is 14.3. The summed E-state index contributed by atoms with van der Waals surface area (Å²) in [7, 11) is -3.19. The van der Waals surface area contributed by atoms with Gasteiger partial charge in [0.1, 0.15) is 5.69 Å². The second kappa shape index (κ2) is 6.76. The van der Waals surface area contributed by atoms with E-state index in [1.807, 2.05) is 12.1 Å². The van der Waals surface area contributed by atoms with Crippen LogP contribution in [0.25, 0.3) is 0 Å². The number of nitrogens with one attached hydrogen (secondary N) is 2. The number of nitrogens with zero attached hydrogens (tertiary/aromatic N) is 3. The topological polar surface area (TPSA) is 88.2 Å². The van der Waals surface area contributed by atoms with E-state index in [9.17, 15) is 22.3 Å². The second-order valence-corrected chi connectivity index (χ2v) is 8.64. The predicted molar refractivity (Wildman–Crippen MR) is 102 cm³/mol. The van der Waals surface area contributed by atoms with E-state index in [1.54, 1.807) is 12.1 Å². The summed E-state index contributed by atoms with van der Waals surface area (Å²) in [6.45, 7) is 1.98. The van der Waals surface area contributed by atoms with Gasteiger partial charge in [0, 0.05) is 37.9 Å². The first kappa shape index (κ1) is 18.7. The summed E-state index contributed by atoms with van der Waals surface area (Å²) in [5.74, 6) is -3.14. The Kier molecular flexibility index (Phi) is 4.52. The highest BCUT2D eigenvalue weighted by Gasteiger charge is 2.29. The molecule has 2 aliphatic heterocycles. The van der Waals surface area contributed by atoms with Gasteiger partial charge in [-0.1, -0.05) is 0 Å². The van der Waals surface area contributed by atoms with Crippen molar-refractivity contribution in [1.82, 2.24) is 9.84 Å². The molecule has 8 nitrogen and oxygen atoms in total. The van der Waals surface area contributed by atoms with E-state index in [0.717, 1.165) is 11.8 Å². The third-order valence-corrected chi connectivity index (χ3v) is 6.18. The number of aromatic hydroxyl groups is 1. The van der Waals surface area contributed by atoms with Crippen molar-refractivity contribution in [3.63, 3.8) is 0 Å². The monoisotopic (exact) mass is 411 g/mol. The molecule has 0 aliphatic carbocycles. The molecule has 2 aromatic rings. The number of hydrogen-bond donors (Lipinski definition) is 3. The van der Waals surface area contributed by atoms with Crippen LogP contribution in [0.1, 0.15) is 0 Å². The van der Waals surface area contributed by atoms with Gasteiger partial charge in [0.25, 0.3) is 0 Å². The number of rotatable bonds is 3. The fourth-order valence-corrected chi connectivity index (χ4v) is 4.20. The molecular weight excluding hydrogens is 392 g/mol. The van der Waals surface area contributed by atoms with Gasteiger partial charge >= 0.3 is 0 Å². The summed E-state index contributed by atoms with van der Waals surface area (Å²) in [6.07, 6.45) is 1.20. The quantitative estimate of drug-likeness (QED) is 0.663. The van der Waals surface area contributed by atoms with Gasteiger partial charge in [-0.05, 0) is 24.3 Å². The van der Waals surface area contributed by atoms with E-state index in [0.29, 0.717) is 31.9 Å². The van der Waals surface area contributed by atoms with Gasteiger partial charge in [-0.3, -0.25) is 5.01 Å². The highest BCUT2D eigenvalue weighted by Crippen LogP contribution is 2.41. The van der Waals surface area contributed by atoms with Gasteiger partial charge < -0.3 is 15.4 Å². The molecule has 0 unspecified atom stereocenters. The van der Waals surface area contributed by atoms with E-state index < -0.39 is 27.4 Å². The number of benzene rings is 2. The van der Waals surface area contributed by atoms with E-state index in [1.165, 1.54) is 15.6 Å². The molecular formula is C17H19F2N5O3S. The summed E-state index contributed by atoms with van der Waals surface area (Å²) in [5.41, 5.74) is 7.06.